The number of benzene rings is 1. The molecule has 180 valence electrons. The number of ether oxygens (including phenoxy) is 1. The number of aliphatic carboxylic acids is 1. The number of hydrogen-bond acceptors (Lipinski definition) is 6. The number of aryl methyl sites for hydroxylation is 1. The van der Waals surface area contributed by atoms with E-state index >= 15 is 0 Å². The van der Waals surface area contributed by atoms with E-state index in [-0.39, 0.29) is 31.4 Å². The summed E-state index contributed by atoms with van der Waals surface area (Å²) >= 11 is 0. The molecular formula is C25H30N4O5. The predicted octanol–water partition coefficient (Wildman–Crippen LogP) is 2.50. The minimum atomic E-state index is -0.974. The molecule has 2 aliphatic rings. The van der Waals surface area contributed by atoms with Crippen LogP contribution >= 0.6 is 0 Å². The van der Waals surface area contributed by atoms with Crippen molar-refractivity contribution in [3.8, 4) is 0 Å². The summed E-state index contributed by atoms with van der Waals surface area (Å²) in [5.41, 5.74) is 2.99. The Balaban J connectivity index is 1.38. The zero-order valence-electron chi connectivity index (χ0n) is 19.0. The molecule has 3 unspecified atom stereocenters. The van der Waals surface area contributed by atoms with Crippen LogP contribution in [0.5, 0.6) is 0 Å². The summed E-state index contributed by atoms with van der Waals surface area (Å²) in [6.07, 6.45) is 2.57. The number of fused-ring (bicyclic) bond motifs is 1. The lowest BCUT2D eigenvalue weighted by molar-refractivity contribution is -0.137. The maximum absolute atomic E-state index is 12.6. The molecule has 1 aromatic heterocycles. The third-order valence-corrected chi connectivity index (χ3v) is 6.39. The van der Waals surface area contributed by atoms with Crippen molar-refractivity contribution in [3.63, 3.8) is 0 Å². The maximum atomic E-state index is 12.6. The Morgan fingerprint density at radius 3 is 2.76 bits per heavy atom. The first kappa shape index (κ1) is 23.5. The smallest absolute Gasteiger partial charge is 0.407 e. The molecule has 3 atom stereocenters. The van der Waals surface area contributed by atoms with Crippen LogP contribution in [0.1, 0.15) is 36.1 Å². The van der Waals surface area contributed by atoms with E-state index in [1.165, 1.54) is 5.56 Å². The number of rotatable bonds is 9. The second-order valence-corrected chi connectivity index (χ2v) is 8.81. The summed E-state index contributed by atoms with van der Waals surface area (Å²) in [6.45, 7) is 1.10. The van der Waals surface area contributed by atoms with Gasteiger partial charge in [0, 0.05) is 24.8 Å². The zero-order chi connectivity index (χ0) is 23.9. The number of nitrogens with zero attached hydrogens (tertiary/aromatic N) is 1. The van der Waals surface area contributed by atoms with Crippen LogP contribution in [0.25, 0.3) is 0 Å². The molecule has 2 heterocycles. The first-order valence-electron chi connectivity index (χ1n) is 11.7. The highest BCUT2D eigenvalue weighted by Gasteiger charge is 2.46. The number of hydrogen-bond donors (Lipinski definition) is 4. The van der Waals surface area contributed by atoms with Gasteiger partial charge in [-0.15, -0.1) is 0 Å². The standard InChI is InChI=1S/C25H30N4O5/c30-21(31)10-12-27-24(32)20-14-18(13-19-9-8-17-7-4-11-26-23(17)28-19)22(20)29-25(33)34-15-16-5-2-1-3-6-16/h1-3,5-6,8-9,18,20,22H,4,7,10-15H2,(H,26,28)(H,27,32)(H,29,33)(H,30,31). The van der Waals surface area contributed by atoms with E-state index in [2.05, 4.69) is 22.0 Å². The number of carboxylic acid groups (broad SMARTS) is 1. The van der Waals surface area contributed by atoms with Gasteiger partial charge >= 0.3 is 12.1 Å². The van der Waals surface area contributed by atoms with Gasteiger partial charge in [0.1, 0.15) is 12.4 Å². The van der Waals surface area contributed by atoms with Crippen molar-refractivity contribution in [2.45, 2.75) is 44.8 Å². The van der Waals surface area contributed by atoms with Crippen molar-refractivity contribution in [3.05, 3.63) is 59.3 Å². The summed E-state index contributed by atoms with van der Waals surface area (Å²) in [4.78, 5) is 40.7. The fourth-order valence-corrected chi connectivity index (χ4v) is 4.53. The molecule has 4 N–H and O–H groups in total. The van der Waals surface area contributed by atoms with Crippen molar-refractivity contribution in [1.82, 2.24) is 15.6 Å². The third-order valence-electron chi connectivity index (χ3n) is 6.39. The van der Waals surface area contributed by atoms with Crippen LogP contribution in [0, 0.1) is 11.8 Å². The van der Waals surface area contributed by atoms with Gasteiger partial charge in [0.15, 0.2) is 0 Å². The summed E-state index contributed by atoms with van der Waals surface area (Å²) in [6, 6.07) is 13.1. The lowest BCUT2D eigenvalue weighted by Gasteiger charge is -2.43. The Kier molecular flexibility index (Phi) is 7.61. The largest absolute Gasteiger partial charge is 0.481 e. The number of carboxylic acids is 1. The molecule has 0 saturated heterocycles. The molecular weight excluding hydrogens is 436 g/mol. The molecule has 0 spiro atoms. The number of nitrogens with one attached hydrogen (secondary N) is 3. The van der Waals surface area contributed by atoms with Gasteiger partial charge in [0.05, 0.1) is 12.3 Å². The van der Waals surface area contributed by atoms with Crippen molar-refractivity contribution in [2.75, 3.05) is 18.4 Å². The third kappa shape index (κ3) is 6.03. The van der Waals surface area contributed by atoms with Crippen LogP contribution in [0.4, 0.5) is 10.6 Å². The normalized spacial score (nSPS) is 20.8. The van der Waals surface area contributed by atoms with E-state index in [1.54, 1.807) is 0 Å². The van der Waals surface area contributed by atoms with E-state index < -0.39 is 24.0 Å². The predicted molar refractivity (Wildman–Crippen MR) is 125 cm³/mol. The van der Waals surface area contributed by atoms with Gasteiger partial charge in [-0.25, -0.2) is 9.78 Å². The molecule has 1 fully saturated rings. The lowest BCUT2D eigenvalue weighted by Crippen LogP contribution is -2.59. The van der Waals surface area contributed by atoms with Crippen LogP contribution in [-0.4, -0.2) is 47.2 Å². The van der Waals surface area contributed by atoms with Gasteiger partial charge in [0.2, 0.25) is 5.91 Å². The Morgan fingerprint density at radius 1 is 1.15 bits per heavy atom. The average Bonchev–Trinajstić information content (AvgIpc) is 2.83. The van der Waals surface area contributed by atoms with E-state index in [0.717, 1.165) is 36.5 Å². The SMILES string of the molecule is O=C(O)CCNC(=O)C1CC(Cc2ccc3c(n2)NCCC3)C1NC(=O)OCc1ccccc1. The molecule has 2 amide bonds. The van der Waals surface area contributed by atoms with Crippen LogP contribution in [0.3, 0.4) is 0 Å². The molecule has 0 bridgehead atoms. The van der Waals surface area contributed by atoms with Crippen molar-refractivity contribution in [2.24, 2.45) is 11.8 Å². The number of pyridine rings is 1. The molecule has 9 heteroatoms. The van der Waals surface area contributed by atoms with Gasteiger partial charge in [-0.3, -0.25) is 9.59 Å². The topological polar surface area (TPSA) is 130 Å². The fourth-order valence-electron chi connectivity index (χ4n) is 4.53. The van der Waals surface area contributed by atoms with Gasteiger partial charge in [-0.05, 0) is 48.8 Å². The van der Waals surface area contributed by atoms with Gasteiger partial charge in [-0.2, -0.15) is 0 Å². The number of amides is 2. The molecule has 1 aliphatic heterocycles. The lowest BCUT2D eigenvalue weighted by atomic mass is 9.67. The second kappa shape index (κ2) is 11.0. The first-order valence-corrected chi connectivity index (χ1v) is 11.7. The van der Waals surface area contributed by atoms with Crippen LogP contribution in [0.2, 0.25) is 0 Å². The molecule has 1 aliphatic carbocycles. The van der Waals surface area contributed by atoms with Crippen molar-refractivity contribution >= 4 is 23.8 Å². The van der Waals surface area contributed by atoms with Crippen LogP contribution < -0.4 is 16.0 Å². The average molecular weight is 467 g/mol. The fraction of sp³-hybridized carbons (Fsp3) is 0.440. The van der Waals surface area contributed by atoms with Crippen molar-refractivity contribution in [1.29, 1.82) is 0 Å². The number of carbonyl (C=O) groups is 3. The molecule has 2 aromatic rings. The number of carbonyl (C=O) groups excluding carboxylic acids is 2. The molecule has 0 radical (unpaired) electrons. The second-order valence-electron chi connectivity index (χ2n) is 8.81. The maximum Gasteiger partial charge on any atom is 0.407 e. The van der Waals surface area contributed by atoms with E-state index in [0.29, 0.717) is 12.8 Å². The van der Waals surface area contributed by atoms with Crippen LogP contribution in [-0.2, 0) is 33.8 Å². The van der Waals surface area contributed by atoms with Gasteiger partial charge in [-0.1, -0.05) is 36.4 Å². The minimum absolute atomic E-state index is 0.0219. The number of alkyl carbamates (subject to hydrolysis) is 1. The quantitative estimate of drug-likeness (QED) is 0.447. The first-order chi connectivity index (χ1) is 16.5. The summed E-state index contributed by atoms with van der Waals surface area (Å²) < 4.78 is 5.36. The van der Waals surface area contributed by atoms with Crippen molar-refractivity contribution < 1.29 is 24.2 Å². The Morgan fingerprint density at radius 2 is 1.97 bits per heavy atom. The highest BCUT2D eigenvalue weighted by molar-refractivity contribution is 5.82. The molecule has 9 nitrogen and oxygen atoms in total. The number of anilines is 1. The zero-order valence-corrected chi connectivity index (χ0v) is 19.0. The summed E-state index contributed by atoms with van der Waals surface area (Å²) in [7, 11) is 0. The highest BCUT2D eigenvalue weighted by atomic mass is 16.5. The molecule has 34 heavy (non-hydrogen) atoms. The van der Waals surface area contributed by atoms with Gasteiger partial charge in [0.25, 0.3) is 0 Å². The summed E-state index contributed by atoms with van der Waals surface area (Å²) in [5, 5.41) is 17.7. The Hall–Kier alpha value is -3.62. The van der Waals surface area contributed by atoms with Gasteiger partial charge < -0.3 is 25.8 Å². The van der Waals surface area contributed by atoms with E-state index in [1.807, 2.05) is 36.4 Å². The van der Waals surface area contributed by atoms with E-state index in [9.17, 15) is 14.4 Å². The van der Waals surface area contributed by atoms with E-state index in [4.69, 9.17) is 14.8 Å². The van der Waals surface area contributed by atoms with Crippen LogP contribution in [0.15, 0.2) is 42.5 Å². The summed E-state index contributed by atoms with van der Waals surface area (Å²) in [5.74, 6) is -0.741. The molecule has 1 saturated carbocycles. The minimum Gasteiger partial charge on any atom is -0.481 e. The Bertz CT molecular complexity index is 1030. The molecule has 1 aromatic carbocycles. The number of aromatic nitrogens is 1. The Labute approximate surface area is 198 Å². The molecule has 4 rings (SSSR count). The monoisotopic (exact) mass is 466 g/mol. The highest BCUT2D eigenvalue weighted by Crippen LogP contribution is 2.37.